The van der Waals surface area contributed by atoms with Crippen molar-refractivity contribution in [3.05, 3.63) is 65.7 Å². The fourth-order valence-corrected chi connectivity index (χ4v) is 14.0. The number of carbonyl (C=O) groups is 11. The van der Waals surface area contributed by atoms with Gasteiger partial charge < -0.3 is 72.2 Å². The summed E-state index contributed by atoms with van der Waals surface area (Å²) in [6.07, 6.45) is 2.61. The lowest BCUT2D eigenvalue weighted by Gasteiger charge is -2.41. The monoisotopic (exact) mass is 1340 g/mol. The number of urea groups is 1. The van der Waals surface area contributed by atoms with Gasteiger partial charge in [-0.15, -0.1) is 0 Å². The highest BCUT2D eigenvalue weighted by atomic mass is 16.5. The number of hydrogen-bond donors (Lipinski definition) is 9. The molecular weight excluding hydrogens is 1230 g/mol. The van der Waals surface area contributed by atoms with E-state index in [4.69, 9.17) is 15.2 Å². The molecule has 13 atom stereocenters. The van der Waals surface area contributed by atoms with E-state index in [-0.39, 0.29) is 105 Å². The minimum atomic E-state index is -1.14. The Bertz CT molecular complexity index is 2930. The van der Waals surface area contributed by atoms with Gasteiger partial charge in [0.1, 0.15) is 24.2 Å². The second kappa shape index (κ2) is 37.7. The molecule has 26 heteroatoms. The molecule has 0 spiro atoms. The van der Waals surface area contributed by atoms with Crippen molar-refractivity contribution in [2.45, 2.75) is 219 Å². The molecule has 11 amide bonds. The largest absolute Gasteiger partial charge is 0.481 e. The molecule has 534 valence electrons. The van der Waals surface area contributed by atoms with E-state index in [9.17, 15) is 57.8 Å². The summed E-state index contributed by atoms with van der Waals surface area (Å²) in [5.74, 6) is -6.72. The second-order valence-electron chi connectivity index (χ2n) is 27.6. The minimum absolute atomic E-state index is 0.00784. The molecule has 0 radical (unpaired) electrons. The van der Waals surface area contributed by atoms with E-state index in [2.05, 4.69) is 37.2 Å². The molecule has 3 fully saturated rings. The number of nitrogens with zero attached hydrogens (tertiary/aromatic N) is 4. The SMILES string of the molecule is CC[C@H](C)[C@@H]([C@@H](CC(=O)N1CCC[C@H]1[C@H](OC)[C@@H](C)C(=O)N[C@@H](Cc1ccccc1)C(=O)NCc1ccc(NC(=O)[C@H](CCCNC(N)=O)NC(=O)[C@@H](NC(=O)CCC(=O)N2C3CCC2CC(C(=O)O)C3)C(C)C)cc1)OC)N(C)C(=O)[C@@H](NC(=O)[C@H](C(C)C)N(C)C)C(C)C. The maximum Gasteiger partial charge on any atom is 0.312 e. The molecule has 3 aliphatic rings. The Labute approximate surface area is 567 Å². The molecule has 3 saturated heterocycles. The van der Waals surface area contributed by atoms with Crippen molar-refractivity contribution in [2.24, 2.45) is 41.2 Å². The molecule has 10 N–H and O–H groups in total. The van der Waals surface area contributed by atoms with Crippen LogP contribution in [0.2, 0.25) is 0 Å². The van der Waals surface area contributed by atoms with Crippen LogP contribution >= 0.6 is 0 Å². The van der Waals surface area contributed by atoms with Crippen molar-refractivity contribution >= 4 is 70.9 Å². The number of aliphatic carboxylic acids is 1. The molecule has 0 saturated carbocycles. The molecule has 3 aliphatic heterocycles. The number of carboxylic acid groups (broad SMARTS) is 1. The number of fused-ring (bicyclic) bond motifs is 2. The van der Waals surface area contributed by atoms with Crippen LogP contribution in [0, 0.1) is 35.5 Å². The quantitative estimate of drug-likeness (QED) is 0.0425. The Morgan fingerprint density at radius 3 is 1.84 bits per heavy atom. The molecule has 3 heterocycles. The van der Waals surface area contributed by atoms with Crippen molar-refractivity contribution in [1.82, 2.24) is 51.5 Å². The van der Waals surface area contributed by atoms with Gasteiger partial charge in [-0.25, -0.2) is 4.79 Å². The van der Waals surface area contributed by atoms with Crippen molar-refractivity contribution in [2.75, 3.05) is 53.8 Å². The van der Waals surface area contributed by atoms with Crippen LogP contribution in [-0.4, -0.2) is 205 Å². The van der Waals surface area contributed by atoms with Crippen molar-refractivity contribution in [3.63, 3.8) is 0 Å². The number of methoxy groups -OCH3 is 2. The number of anilines is 1. The highest BCUT2D eigenvalue weighted by Crippen LogP contribution is 2.39. The number of hydrogen-bond acceptors (Lipinski definition) is 14. The number of nitrogens with two attached hydrogens (primary N) is 1. The van der Waals surface area contributed by atoms with Gasteiger partial charge in [0.2, 0.25) is 53.2 Å². The van der Waals surface area contributed by atoms with E-state index in [1.54, 1.807) is 66.8 Å². The number of nitrogens with one attached hydrogen (secondary N) is 7. The molecule has 0 aromatic heterocycles. The van der Waals surface area contributed by atoms with Gasteiger partial charge in [-0.2, -0.15) is 0 Å². The summed E-state index contributed by atoms with van der Waals surface area (Å²) in [6, 6.07) is 9.13. The number of benzene rings is 2. The van der Waals surface area contributed by atoms with E-state index >= 15 is 0 Å². The second-order valence-corrected chi connectivity index (χ2v) is 27.6. The first-order valence-electron chi connectivity index (χ1n) is 34.2. The van der Waals surface area contributed by atoms with Crippen LogP contribution in [0.4, 0.5) is 10.5 Å². The molecule has 2 aromatic carbocycles. The number of amides is 11. The molecule has 2 unspecified atom stereocenters. The number of ether oxygens (including phenoxy) is 2. The third kappa shape index (κ3) is 22.2. The van der Waals surface area contributed by atoms with Crippen LogP contribution < -0.4 is 43.0 Å². The Balaban J connectivity index is 1.22. The lowest BCUT2D eigenvalue weighted by molar-refractivity contribution is -0.148. The van der Waals surface area contributed by atoms with E-state index in [0.29, 0.717) is 62.7 Å². The van der Waals surface area contributed by atoms with Crippen LogP contribution in [-0.2, 0) is 70.4 Å². The van der Waals surface area contributed by atoms with Gasteiger partial charge in [0.05, 0.1) is 48.6 Å². The zero-order chi connectivity index (χ0) is 71.2. The van der Waals surface area contributed by atoms with Crippen LogP contribution in [0.3, 0.4) is 0 Å². The highest BCUT2D eigenvalue weighted by Gasteiger charge is 2.47. The number of likely N-dealkylation sites (N-methyl/N-ethyl adjacent to an activating group) is 2. The predicted molar refractivity (Wildman–Crippen MR) is 363 cm³/mol. The maximum absolute atomic E-state index is 14.6. The number of piperidine rings is 1. The van der Waals surface area contributed by atoms with Gasteiger partial charge in [-0.05, 0) is 112 Å². The lowest BCUT2D eigenvalue weighted by Crippen LogP contribution is -2.59. The number of carbonyl (C=O) groups excluding carboxylic acids is 10. The highest BCUT2D eigenvalue weighted by molar-refractivity contribution is 5.99. The molecule has 5 rings (SSSR count). The first-order chi connectivity index (χ1) is 45.4. The molecule has 96 heavy (non-hydrogen) atoms. The Kier molecular flexibility index (Phi) is 31.0. The van der Waals surface area contributed by atoms with Crippen LogP contribution in [0.15, 0.2) is 54.6 Å². The standard InChI is InChI=1S/C70H110N12O14/c1-15-43(8)61(80(12)68(91)59(41(4)5)78-67(90)60(42(6)7)79(10)11)54(95-13)38-57(85)81-34-20-24-53(81)62(96-14)44(9)63(86)76-52(35-45-21-17-16-18-22-45)64(87)73-39-46-25-27-48(28-26-46)74-65(88)51(23-19-33-72-70(71)94)75-66(89)58(40(2)3)77-55(83)31-32-56(84)82-49-29-30-50(82)37-47(36-49)69(92)93/h16-18,21-22,25-28,40-44,47,49-54,58-62H,15,19-20,23-24,29-39H2,1-14H3,(H,73,87)(H,74,88)(H,75,89)(H,76,86)(H,77,83)(H,78,90)(H,92,93)(H3,71,72,94)/t43-,44+,47?,49?,50?,51-,52-,53-,54+,58-,59-,60-,61-,62+/m0/s1. The number of carboxylic acids is 1. The summed E-state index contributed by atoms with van der Waals surface area (Å²) in [5, 5.41) is 29.3. The van der Waals surface area contributed by atoms with E-state index < -0.39 is 114 Å². The van der Waals surface area contributed by atoms with Gasteiger partial charge in [-0.3, -0.25) is 52.8 Å². The van der Waals surface area contributed by atoms with Crippen molar-refractivity contribution in [1.29, 1.82) is 0 Å². The first kappa shape index (κ1) is 79.0. The summed E-state index contributed by atoms with van der Waals surface area (Å²) < 4.78 is 12.2. The Morgan fingerprint density at radius 1 is 0.667 bits per heavy atom. The predicted octanol–water partition coefficient (Wildman–Crippen LogP) is 4.32. The average Bonchev–Trinajstić information content (AvgIpc) is 1.54. The average molecular weight is 1340 g/mol. The Morgan fingerprint density at radius 2 is 1.29 bits per heavy atom. The van der Waals surface area contributed by atoms with Crippen LogP contribution in [0.5, 0.6) is 0 Å². The van der Waals surface area contributed by atoms with Crippen molar-refractivity contribution in [3.8, 4) is 0 Å². The topological polar surface area (TPSA) is 350 Å². The van der Waals surface area contributed by atoms with Gasteiger partial charge >= 0.3 is 12.0 Å². The van der Waals surface area contributed by atoms with E-state index in [1.807, 2.05) is 90.9 Å². The summed E-state index contributed by atoms with van der Waals surface area (Å²) in [5.41, 5.74) is 7.06. The smallest absolute Gasteiger partial charge is 0.312 e. The van der Waals surface area contributed by atoms with E-state index in [1.165, 1.54) is 14.2 Å². The molecule has 26 nitrogen and oxygen atoms in total. The van der Waals surface area contributed by atoms with Crippen LogP contribution in [0.25, 0.3) is 0 Å². The first-order valence-corrected chi connectivity index (χ1v) is 34.2. The zero-order valence-electron chi connectivity index (χ0n) is 58.9. The van der Waals surface area contributed by atoms with Gasteiger partial charge in [0.15, 0.2) is 0 Å². The summed E-state index contributed by atoms with van der Waals surface area (Å²) in [7, 11) is 8.39. The molecular formula is C70H110N12O14. The maximum atomic E-state index is 14.6. The zero-order valence-corrected chi connectivity index (χ0v) is 58.9. The number of likely N-dealkylation sites (tertiary alicyclic amines) is 1. The fraction of sp³-hybridized carbons (Fsp3) is 0.671. The molecule has 2 aromatic rings. The van der Waals surface area contributed by atoms with Gasteiger partial charge in [0, 0.05) is 77.9 Å². The number of rotatable bonds is 37. The van der Waals surface area contributed by atoms with Crippen LogP contribution in [0.1, 0.15) is 150 Å². The normalized spacial score (nSPS) is 20.0. The third-order valence-electron chi connectivity index (χ3n) is 19.4. The Hall–Kier alpha value is -7.71. The number of primary amides is 1. The summed E-state index contributed by atoms with van der Waals surface area (Å²) in [6.45, 7) is 17.4. The third-order valence-corrected chi connectivity index (χ3v) is 19.4. The van der Waals surface area contributed by atoms with Crippen molar-refractivity contribution < 1.29 is 67.3 Å². The summed E-state index contributed by atoms with van der Waals surface area (Å²) in [4.78, 5) is 156. The fourth-order valence-electron chi connectivity index (χ4n) is 14.0. The minimum Gasteiger partial charge on any atom is -0.481 e. The molecule has 2 bridgehead atoms. The van der Waals surface area contributed by atoms with Gasteiger partial charge in [-0.1, -0.05) is 111 Å². The van der Waals surface area contributed by atoms with E-state index in [0.717, 1.165) is 5.56 Å². The summed E-state index contributed by atoms with van der Waals surface area (Å²) >= 11 is 0. The lowest BCUT2D eigenvalue weighted by atomic mass is 9.89. The molecule has 0 aliphatic carbocycles. The van der Waals surface area contributed by atoms with Gasteiger partial charge in [0.25, 0.3) is 0 Å².